The number of carbonyl (C=O) groups excluding carboxylic acids is 1. The van der Waals surface area contributed by atoms with Gasteiger partial charge < -0.3 is 4.90 Å². The summed E-state index contributed by atoms with van der Waals surface area (Å²) in [6.07, 6.45) is 0. The summed E-state index contributed by atoms with van der Waals surface area (Å²) in [6, 6.07) is 12.7. The molecule has 0 radical (unpaired) electrons. The summed E-state index contributed by atoms with van der Waals surface area (Å²) in [6.45, 7) is 8.39. The Labute approximate surface area is 223 Å². The molecule has 188 valence electrons. The number of halogens is 2. The van der Waals surface area contributed by atoms with Crippen molar-refractivity contribution >= 4 is 50.7 Å². The summed E-state index contributed by atoms with van der Waals surface area (Å²) >= 11 is 13.5. The van der Waals surface area contributed by atoms with Crippen molar-refractivity contribution < 1.29 is 4.79 Å². The van der Waals surface area contributed by atoms with Gasteiger partial charge >= 0.3 is 5.69 Å². The molecule has 2 heterocycles. The van der Waals surface area contributed by atoms with Gasteiger partial charge in [-0.3, -0.25) is 14.2 Å². The Hall–Kier alpha value is -2.87. The molecule has 0 unspecified atom stereocenters. The number of hydrogen-bond acceptors (Lipinski definition) is 4. The minimum absolute atomic E-state index is 0.00395. The van der Waals surface area contributed by atoms with Gasteiger partial charge in [-0.25, -0.2) is 9.36 Å². The molecule has 1 amide bonds. The molecule has 0 saturated carbocycles. The molecule has 0 aliphatic carbocycles. The van der Waals surface area contributed by atoms with Crippen molar-refractivity contribution in [3.63, 3.8) is 0 Å². The van der Waals surface area contributed by atoms with Gasteiger partial charge in [-0.2, -0.15) is 0 Å². The van der Waals surface area contributed by atoms with Crippen LogP contribution in [0.25, 0.3) is 15.9 Å². The van der Waals surface area contributed by atoms with Gasteiger partial charge in [0.1, 0.15) is 4.83 Å². The lowest BCUT2D eigenvalue weighted by Crippen LogP contribution is -2.39. The summed E-state index contributed by atoms with van der Waals surface area (Å²) in [7, 11) is 3.31. The van der Waals surface area contributed by atoms with E-state index in [2.05, 4.69) is 20.8 Å². The van der Waals surface area contributed by atoms with Gasteiger partial charge in [0, 0.05) is 14.1 Å². The highest BCUT2D eigenvalue weighted by Gasteiger charge is 2.25. The summed E-state index contributed by atoms with van der Waals surface area (Å²) in [5, 5.41) is 0.886. The largest absolute Gasteiger partial charge is 0.344 e. The van der Waals surface area contributed by atoms with Crippen LogP contribution in [0.1, 0.15) is 47.1 Å². The lowest BCUT2D eigenvalue weighted by Gasteiger charge is -2.19. The van der Waals surface area contributed by atoms with Crippen LogP contribution in [-0.2, 0) is 12.0 Å². The van der Waals surface area contributed by atoms with Gasteiger partial charge in [0.25, 0.3) is 11.5 Å². The molecule has 6 nitrogen and oxygen atoms in total. The zero-order valence-electron chi connectivity index (χ0n) is 21.0. The second kappa shape index (κ2) is 9.54. The highest BCUT2D eigenvalue weighted by atomic mass is 35.5. The van der Waals surface area contributed by atoms with Crippen molar-refractivity contribution in [3.05, 3.63) is 94.9 Å². The number of carbonyl (C=O) groups is 1. The fourth-order valence-electron chi connectivity index (χ4n) is 4.04. The lowest BCUT2D eigenvalue weighted by atomic mass is 9.87. The SMILES string of the molecule is Cc1c(C(=O)N(C)C)sc2c1c(=O)n(-c1ccc(Cl)c(Cl)c1)c(=O)n2Cc1ccc(C(C)(C)C)cc1. The molecule has 0 spiro atoms. The lowest BCUT2D eigenvalue weighted by molar-refractivity contribution is 0.0831. The van der Waals surface area contributed by atoms with E-state index < -0.39 is 11.2 Å². The van der Waals surface area contributed by atoms with Crippen molar-refractivity contribution in [1.29, 1.82) is 0 Å². The number of amides is 1. The summed E-state index contributed by atoms with van der Waals surface area (Å²) < 4.78 is 2.65. The Balaban J connectivity index is 2.01. The predicted molar refractivity (Wildman–Crippen MR) is 149 cm³/mol. The third-order valence-corrected chi connectivity index (χ3v) is 8.18. The van der Waals surface area contributed by atoms with E-state index >= 15 is 0 Å². The van der Waals surface area contributed by atoms with Crippen molar-refractivity contribution in [1.82, 2.24) is 14.0 Å². The Morgan fingerprint density at radius 2 is 1.64 bits per heavy atom. The second-order valence-corrected chi connectivity index (χ2v) is 11.8. The molecule has 0 N–H and O–H groups in total. The number of thiophene rings is 1. The van der Waals surface area contributed by atoms with Gasteiger partial charge in [0.05, 0.1) is 32.5 Å². The Kier molecular flexibility index (Phi) is 6.94. The maximum atomic E-state index is 13.8. The van der Waals surface area contributed by atoms with Crippen LogP contribution in [0.2, 0.25) is 10.0 Å². The minimum Gasteiger partial charge on any atom is -0.344 e. The van der Waals surface area contributed by atoms with Crippen LogP contribution < -0.4 is 11.2 Å². The fourth-order valence-corrected chi connectivity index (χ4v) is 5.64. The van der Waals surface area contributed by atoms with Crippen molar-refractivity contribution in [2.45, 2.75) is 39.7 Å². The monoisotopic (exact) mass is 543 g/mol. The molecule has 36 heavy (non-hydrogen) atoms. The van der Waals surface area contributed by atoms with Crippen LogP contribution in [0.3, 0.4) is 0 Å². The molecule has 0 bridgehead atoms. The molecule has 0 aliphatic heterocycles. The molecule has 0 saturated heterocycles. The maximum Gasteiger partial charge on any atom is 0.337 e. The van der Waals surface area contributed by atoms with E-state index in [1.807, 2.05) is 24.3 Å². The van der Waals surface area contributed by atoms with Gasteiger partial charge in [-0.15, -0.1) is 11.3 Å². The van der Waals surface area contributed by atoms with Gasteiger partial charge in [-0.05, 0) is 47.2 Å². The van der Waals surface area contributed by atoms with Crippen molar-refractivity contribution in [2.24, 2.45) is 0 Å². The van der Waals surface area contributed by atoms with Crippen molar-refractivity contribution in [3.8, 4) is 5.69 Å². The normalized spacial score (nSPS) is 11.8. The maximum absolute atomic E-state index is 13.8. The number of aryl methyl sites for hydroxylation is 1. The third kappa shape index (κ3) is 4.63. The molecule has 0 fully saturated rings. The van der Waals surface area contributed by atoms with Gasteiger partial charge in [0.2, 0.25) is 0 Å². The van der Waals surface area contributed by atoms with E-state index in [0.717, 1.165) is 21.5 Å². The van der Waals surface area contributed by atoms with Crippen LogP contribution in [0.4, 0.5) is 0 Å². The summed E-state index contributed by atoms with van der Waals surface area (Å²) in [5.41, 5.74) is 1.91. The minimum atomic E-state index is -0.518. The molecule has 2 aromatic heterocycles. The van der Waals surface area contributed by atoms with Gasteiger partial charge in [0.15, 0.2) is 0 Å². The zero-order valence-corrected chi connectivity index (χ0v) is 23.3. The van der Waals surface area contributed by atoms with E-state index in [9.17, 15) is 14.4 Å². The molecule has 2 aromatic carbocycles. The number of nitrogens with zero attached hydrogens (tertiary/aromatic N) is 3. The average Bonchev–Trinajstić information content (AvgIpc) is 3.15. The summed E-state index contributed by atoms with van der Waals surface area (Å²) in [5.74, 6) is -0.220. The second-order valence-electron chi connectivity index (χ2n) is 9.99. The van der Waals surface area contributed by atoms with E-state index in [1.165, 1.54) is 16.5 Å². The average molecular weight is 545 g/mol. The first-order valence-corrected chi connectivity index (χ1v) is 12.9. The van der Waals surface area contributed by atoms with Crippen LogP contribution >= 0.6 is 34.5 Å². The Bertz CT molecular complexity index is 1610. The highest BCUT2D eigenvalue weighted by Crippen LogP contribution is 2.30. The first-order chi connectivity index (χ1) is 16.8. The molecular weight excluding hydrogens is 517 g/mol. The predicted octanol–water partition coefficient (Wildman–Crippen LogP) is 5.88. The van der Waals surface area contributed by atoms with E-state index in [-0.39, 0.29) is 22.9 Å². The number of hydrogen-bond donors (Lipinski definition) is 0. The number of fused-ring (bicyclic) bond motifs is 1. The summed E-state index contributed by atoms with van der Waals surface area (Å²) in [4.78, 5) is 42.7. The van der Waals surface area contributed by atoms with E-state index in [4.69, 9.17) is 23.2 Å². The van der Waals surface area contributed by atoms with E-state index in [0.29, 0.717) is 31.4 Å². The number of aromatic nitrogens is 2. The Morgan fingerprint density at radius 3 is 2.19 bits per heavy atom. The van der Waals surface area contributed by atoms with Crippen LogP contribution in [-0.4, -0.2) is 34.0 Å². The molecule has 9 heteroatoms. The number of benzene rings is 2. The Morgan fingerprint density at radius 1 is 1.00 bits per heavy atom. The highest BCUT2D eigenvalue weighted by molar-refractivity contribution is 7.20. The van der Waals surface area contributed by atoms with E-state index in [1.54, 1.807) is 37.7 Å². The van der Waals surface area contributed by atoms with Gasteiger partial charge in [-0.1, -0.05) is 68.2 Å². The topological polar surface area (TPSA) is 64.3 Å². The molecule has 0 atom stereocenters. The number of rotatable bonds is 4. The van der Waals surface area contributed by atoms with Crippen LogP contribution in [0.5, 0.6) is 0 Å². The van der Waals surface area contributed by atoms with Crippen LogP contribution in [0, 0.1) is 6.92 Å². The molecular formula is C27H27Cl2N3O3S. The first kappa shape index (κ1) is 26.2. The molecule has 4 aromatic rings. The molecule has 0 aliphatic rings. The standard InChI is InChI=1S/C27H27Cl2N3O3S/c1-15-21-23(33)32(18-11-12-19(28)20(29)13-18)26(35)31(25(21)36-22(15)24(34)30(5)6)14-16-7-9-17(10-8-16)27(2,3)4/h7-13H,14H2,1-6H3. The molecule has 4 rings (SSSR count). The smallest absolute Gasteiger partial charge is 0.337 e. The third-order valence-electron chi connectivity index (χ3n) is 6.13. The van der Waals surface area contributed by atoms with Crippen LogP contribution in [0.15, 0.2) is 52.1 Å². The first-order valence-electron chi connectivity index (χ1n) is 11.4. The quantitative estimate of drug-likeness (QED) is 0.323. The fraction of sp³-hybridized carbons (Fsp3) is 0.296. The zero-order chi connectivity index (χ0) is 26.5. The van der Waals surface area contributed by atoms with Crippen molar-refractivity contribution in [2.75, 3.05) is 14.1 Å².